The number of halogens is 1. The molecule has 6 heteroatoms. The molecule has 5 nitrogen and oxygen atoms in total. The molecule has 1 amide bonds. The third-order valence-electron chi connectivity index (χ3n) is 3.65. The lowest BCUT2D eigenvalue weighted by molar-refractivity contribution is 0.0289. The smallest absolute Gasteiger partial charge is 0.410 e. The third kappa shape index (κ3) is 4.21. The molecule has 1 aliphatic rings. The molecular formula is C17H22FNO4. The second-order valence-electron chi connectivity index (χ2n) is 6.62. The number of hydrogen-bond donors (Lipinski definition) is 0. The van der Waals surface area contributed by atoms with Crippen molar-refractivity contribution in [3.8, 4) is 5.75 Å². The maximum absolute atomic E-state index is 14.0. The van der Waals surface area contributed by atoms with Crippen LogP contribution >= 0.6 is 0 Å². The first kappa shape index (κ1) is 17.2. The number of amides is 1. The van der Waals surface area contributed by atoms with Crippen LogP contribution in [-0.4, -0.2) is 42.6 Å². The van der Waals surface area contributed by atoms with Gasteiger partial charge in [-0.25, -0.2) is 9.18 Å². The van der Waals surface area contributed by atoms with Crippen LogP contribution < -0.4 is 4.74 Å². The van der Waals surface area contributed by atoms with Crippen LogP contribution in [0.5, 0.6) is 5.75 Å². The van der Waals surface area contributed by atoms with Crippen LogP contribution in [0.4, 0.5) is 9.18 Å². The van der Waals surface area contributed by atoms with E-state index < -0.39 is 23.4 Å². The van der Waals surface area contributed by atoms with E-state index in [1.165, 1.54) is 24.1 Å². The summed E-state index contributed by atoms with van der Waals surface area (Å²) in [5.74, 6) is -0.951. The normalized spacial score (nSPS) is 18.0. The molecule has 0 N–H and O–H groups in total. The van der Waals surface area contributed by atoms with Gasteiger partial charge < -0.3 is 14.4 Å². The van der Waals surface area contributed by atoms with Crippen LogP contribution in [0, 0.1) is 11.7 Å². The van der Waals surface area contributed by atoms with Gasteiger partial charge in [0.2, 0.25) is 0 Å². The minimum atomic E-state index is -0.606. The molecule has 1 atom stereocenters. The van der Waals surface area contributed by atoms with Crippen LogP contribution in [0.2, 0.25) is 0 Å². The highest BCUT2D eigenvalue weighted by Crippen LogP contribution is 2.25. The van der Waals surface area contributed by atoms with Crippen molar-refractivity contribution in [1.29, 1.82) is 0 Å². The molecule has 0 radical (unpaired) electrons. The van der Waals surface area contributed by atoms with Gasteiger partial charge in [-0.15, -0.1) is 0 Å². The Kier molecular flexibility index (Phi) is 4.92. The van der Waals surface area contributed by atoms with E-state index in [1.807, 2.05) is 0 Å². The van der Waals surface area contributed by atoms with Gasteiger partial charge in [0.05, 0.1) is 12.7 Å². The van der Waals surface area contributed by atoms with Crippen molar-refractivity contribution in [3.05, 3.63) is 29.6 Å². The fourth-order valence-corrected chi connectivity index (χ4v) is 2.51. The number of Topliss-reactive ketones (excluding diaryl/α,β-unsaturated/α-hetero) is 1. The largest absolute Gasteiger partial charge is 0.497 e. The zero-order chi connectivity index (χ0) is 17.2. The highest BCUT2D eigenvalue weighted by Gasteiger charge is 2.34. The Morgan fingerprint density at radius 2 is 2.00 bits per heavy atom. The molecule has 1 aliphatic heterocycles. The predicted molar refractivity (Wildman–Crippen MR) is 83.2 cm³/mol. The number of ether oxygens (including phenoxy) is 2. The molecule has 0 spiro atoms. The molecule has 0 bridgehead atoms. The first-order valence-corrected chi connectivity index (χ1v) is 7.57. The number of nitrogens with zero attached hydrogens (tertiary/aromatic N) is 1. The van der Waals surface area contributed by atoms with E-state index in [0.717, 1.165) is 0 Å². The number of ketones is 1. The molecular weight excluding hydrogens is 301 g/mol. The Labute approximate surface area is 135 Å². The molecule has 0 aliphatic carbocycles. The van der Waals surface area contributed by atoms with Crippen molar-refractivity contribution >= 4 is 11.9 Å². The quantitative estimate of drug-likeness (QED) is 0.801. The SMILES string of the molecule is COc1ccc(C(=O)C2CCN(C(=O)OC(C)(C)C)C2)c(F)c1. The van der Waals surface area contributed by atoms with Crippen molar-refractivity contribution in [1.82, 2.24) is 4.90 Å². The molecule has 0 aromatic heterocycles. The van der Waals surface area contributed by atoms with Crippen LogP contribution in [0.15, 0.2) is 18.2 Å². The topological polar surface area (TPSA) is 55.8 Å². The van der Waals surface area contributed by atoms with Crippen molar-refractivity contribution in [3.63, 3.8) is 0 Å². The number of methoxy groups -OCH3 is 1. The Balaban J connectivity index is 2.04. The second kappa shape index (κ2) is 6.56. The first-order valence-electron chi connectivity index (χ1n) is 7.57. The lowest BCUT2D eigenvalue weighted by Crippen LogP contribution is -2.35. The minimum Gasteiger partial charge on any atom is -0.497 e. The number of benzene rings is 1. The summed E-state index contributed by atoms with van der Waals surface area (Å²) in [5.41, 5.74) is -0.553. The van der Waals surface area contributed by atoms with Crippen molar-refractivity contribution in [2.75, 3.05) is 20.2 Å². The second-order valence-corrected chi connectivity index (χ2v) is 6.62. The zero-order valence-electron chi connectivity index (χ0n) is 13.9. The monoisotopic (exact) mass is 323 g/mol. The van der Waals surface area contributed by atoms with Gasteiger partial charge in [-0.1, -0.05) is 0 Å². The Bertz CT molecular complexity index is 609. The molecule has 2 rings (SSSR count). The summed E-state index contributed by atoms with van der Waals surface area (Å²) < 4.78 is 24.2. The molecule has 126 valence electrons. The number of likely N-dealkylation sites (tertiary alicyclic amines) is 1. The fraction of sp³-hybridized carbons (Fsp3) is 0.529. The molecule has 1 saturated heterocycles. The van der Waals surface area contributed by atoms with E-state index in [1.54, 1.807) is 26.8 Å². The molecule has 1 aromatic rings. The molecule has 1 aromatic carbocycles. The fourth-order valence-electron chi connectivity index (χ4n) is 2.51. The maximum atomic E-state index is 14.0. The Morgan fingerprint density at radius 1 is 1.30 bits per heavy atom. The van der Waals surface area contributed by atoms with Crippen molar-refractivity contribution in [2.24, 2.45) is 5.92 Å². The average Bonchev–Trinajstić information content (AvgIpc) is 2.94. The third-order valence-corrected chi connectivity index (χ3v) is 3.65. The number of hydrogen-bond acceptors (Lipinski definition) is 4. The number of carbonyl (C=O) groups excluding carboxylic acids is 2. The summed E-state index contributed by atoms with van der Waals surface area (Å²) in [4.78, 5) is 26.0. The molecule has 0 saturated carbocycles. The average molecular weight is 323 g/mol. The summed E-state index contributed by atoms with van der Waals surface area (Å²) in [7, 11) is 1.44. The highest BCUT2D eigenvalue weighted by atomic mass is 19.1. The van der Waals surface area contributed by atoms with Gasteiger partial charge in [0.15, 0.2) is 5.78 Å². The summed E-state index contributed by atoms with van der Waals surface area (Å²) >= 11 is 0. The number of rotatable bonds is 3. The van der Waals surface area contributed by atoms with Gasteiger partial charge in [0.25, 0.3) is 0 Å². The Morgan fingerprint density at radius 3 is 2.57 bits per heavy atom. The van der Waals surface area contributed by atoms with Gasteiger partial charge in [-0.3, -0.25) is 4.79 Å². The van der Waals surface area contributed by atoms with E-state index in [4.69, 9.17) is 9.47 Å². The summed E-state index contributed by atoms with van der Waals surface area (Å²) in [6.45, 7) is 6.05. The van der Waals surface area contributed by atoms with E-state index in [9.17, 15) is 14.0 Å². The summed E-state index contributed by atoms with van der Waals surface area (Å²) in [5, 5.41) is 0. The van der Waals surface area contributed by atoms with Gasteiger partial charge in [-0.05, 0) is 39.3 Å². The van der Waals surface area contributed by atoms with E-state index >= 15 is 0 Å². The molecule has 1 unspecified atom stereocenters. The van der Waals surface area contributed by atoms with E-state index in [-0.39, 0.29) is 17.9 Å². The van der Waals surface area contributed by atoms with Crippen molar-refractivity contribution in [2.45, 2.75) is 32.8 Å². The van der Waals surface area contributed by atoms with Crippen LogP contribution in [0.1, 0.15) is 37.6 Å². The molecule has 1 fully saturated rings. The highest BCUT2D eigenvalue weighted by molar-refractivity contribution is 5.98. The van der Waals surface area contributed by atoms with E-state index in [2.05, 4.69) is 0 Å². The van der Waals surface area contributed by atoms with Gasteiger partial charge >= 0.3 is 6.09 Å². The minimum absolute atomic E-state index is 0.0295. The lowest BCUT2D eigenvalue weighted by Gasteiger charge is -2.24. The summed E-state index contributed by atoms with van der Waals surface area (Å²) in [6, 6.07) is 4.16. The van der Waals surface area contributed by atoms with Gasteiger partial charge in [0.1, 0.15) is 17.2 Å². The maximum Gasteiger partial charge on any atom is 0.410 e. The lowest BCUT2D eigenvalue weighted by atomic mass is 9.96. The van der Waals surface area contributed by atoms with E-state index in [0.29, 0.717) is 18.7 Å². The van der Waals surface area contributed by atoms with Gasteiger partial charge in [-0.2, -0.15) is 0 Å². The standard InChI is InChI=1S/C17H22FNO4/c1-17(2,3)23-16(21)19-8-7-11(10-19)15(20)13-6-5-12(22-4)9-14(13)18/h5-6,9,11H,7-8,10H2,1-4H3. The van der Waals surface area contributed by atoms with Crippen LogP contribution in [0.3, 0.4) is 0 Å². The van der Waals surface area contributed by atoms with Crippen LogP contribution in [-0.2, 0) is 4.74 Å². The number of carbonyl (C=O) groups is 2. The summed E-state index contributed by atoms with van der Waals surface area (Å²) in [6.07, 6.45) is 0.0619. The zero-order valence-corrected chi connectivity index (χ0v) is 13.9. The van der Waals surface area contributed by atoms with Crippen molar-refractivity contribution < 1.29 is 23.5 Å². The predicted octanol–water partition coefficient (Wildman–Crippen LogP) is 3.27. The molecule has 1 heterocycles. The first-order chi connectivity index (χ1) is 10.7. The van der Waals surface area contributed by atoms with Crippen LogP contribution in [0.25, 0.3) is 0 Å². The van der Waals surface area contributed by atoms with Gasteiger partial charge in [0, 0.05) is 25.1 Å². The Hall–Kier alpha value is -2.11. The molecule has 23 heavy (non-hydrogen) atoms.